The molecule has 0 bridgehead atoms. The Balaban J connectivity index is 1.51. The number of carboxylic acids is 1. The van der Waals surface area contributed by atoms with Crippen LogP contribution in [0.1, 0.15) is 40.7 Å². The highest BCUT2D eigenvalue weighted by Crippen LogP contribution is 2.25. The van der Waals surface area contributed by atoms with Crippen LogP contribution in [0.4, 0.5) is 0 Å². The van der Waals surface area contributed by atoms with Gasteiger partial charge in [0.2, 0.25) is 0 Å². The molecule has 2 heterocycles. The molecular formula is C19H22N6O2. The Morgan fingerprint density at radius 1 is 1.37 bits per heavy atom. The number of aromatic carboxylic acids is 1. The lowest BCUT2D eigenvalue weighted by Crippen LogP contribution is -2.35. The van der Waals surface area contributed by atoms with Gasteiger partial charge in [0.05, 0.1) is 5.69 Å². The van der Waals surface area contributed by atoms with Crippen molar-refractivity contribution >= 4 is 5.97 Å². The van der Waals surface area contributed by atoms with Gasteiger partial charge in [0, 0.05) is 30.4 Å². The molecule has 0 fully saturated rings. The smallest absolute Gasteiger partial charge is 0.356 e. The van der Waals surface area contributed by atoms with Gasteiger partial charge in [-0.1, -0.05) is 18.2 Å². The zero-order chi connectivity index (χ0) is 18.8. The molecule has 4 rings (SSSR count). The van der Waals surface area contributed by atoms with Gasteiger partial charge in [-0.25, -0.2) is 14.5 Å². The summed E-state index contributed by atoms with van der Waals surface area (Å²) in [5.74, 6) is -0.948. The molecule has 1 atom stereocenters. The van der Waals surface area contributed by atoms with Crippen molar-refractivity contribution in [3.05, 3.63) is 59.4 Å². The molecule has 0 amide bonds. The molecular weight excluding hydrogens is 344 g/mol. The first-order valence-corrected chi connectivity index (χ1v) is 9.15. The fourth-order valence-electron chi connectivity index (χ4n) is 3.77. The largest absolute Gasteiger partial charge is 0.476 e. The maximum atomic E-state index is 11.6. The van der Waals surface area contributed by atoms with Gasteiger partial charge in [0.1, 0.15) is 12.7 Å². The van der Waals surface area contributed by atoms with Crippen LogP contribution in [-0.4, -0.2) is 41.7 Å². The summed E-state index contributed by atoms with van der Waals surface area (Å²) in [7, 11) is 0. The van der Waals surface area contributed by atoms with Crippen molar-refractivity contribution in [1.29, 1.82) is 0 Å². The van der Waals surface area contributed by atoms with Crippen LogP contribution in [0.2, 0.25) is 0 Å². The summed E-state index contributed by atoms with van der Waals surface area (Å²) in [6, 6.07) is 8.28. The van der Waals surface area contributed by atoms with E-state index in [1.807, 2.05) is 29.8 Å². The number of aromatic nitrogens is 5. The van der Waals surface area contributed by atoms with Crippen LogP contribution in [-0.2, 0) is 25.9 Å². The fraction of sp³-hybridized carbons (Fsp3) is 0.368. The van der Waals surface area contributed by atoms with E-state index in [-0.39, 0.29) is 11.7 Å². The van der Waals surface area contributed by atoms with Gasteiger partial charge in [-0.05, 0) is 37.8 Å². The number of hydrogen-bond acceptors (Lipinski definition) is 5. The zero-order valence-corrected chi connectivity index (χ0v) is 15.2. The quantitative estimate of drug-likeness (QED) is 0.691. The van der Waals surface area contributed by atoms with Gasteiger partial charge in [-0.15, -0.1) is 0 Å². The second-order valence-corrected chi connectivity index (χ2v) is 6.68. The lowest BCUT2D eigenvalue weighted by atomic mass is 9.91. The van der Waals surface area contributed by atoms with Gasteiger partial charge in [-0.3, -0.25) is 4.68 Å². The number of fused-ring (bicyclic) bond motifs is 1. The molecule has 2 N–H and O–H groups in total. The number of carboxylic acid groups (broad SMARTS) is 1. The third kappa shape index (κ3) is 3.35. The maximum Gasteiger partial charge on any atom is 0.356 e. The number of carbonyl (C=O) groups is 1. The molecule has 27 heavy (non-hydrogen) atoms. The summed E-state index contributed by atoms with van der Waals surface area (Å²) in [5, 5.41) is 21.6. The van der Waals surface area contributed by atoms with Crippen LogP contribution in [0.3, 0.4) is 0 Å². The number of para-hydroxylation sites is 1. The van der Waals surface area contributed by atoms with Gasteiger partial charge >= 0.3 is 5.97 Å². The second-order valence-electron chi connectivity index (χ2n) is 6.68. The molecule has 3 aromatic rings. The van der Waals surface area contributed by atoms with Crippen molar-refractivity contribution < 1.29 is 9.90 Å². The first kappa shape index (κ1) is 17.4. The molecule has 0 saturated heterocycles. The number of nitrogens with one attached hydrogen (secondary N) is 1. The Hall–Kier alpha value is -3.00. The number of aryl methyl sites for hydroxylation is 1. The van der Waals surface area contributed by atoms with Crippen LogP contribution in [0.15, 0.2) is 36.9 Å². The highest BCUT2D eigenvalue weighted by Gasteiger charge is 2.28. The Morgan fingerprint density at radius 3 is 2.96 bits per heavy atom. The van der Waals surface area contributed by atoms with Crippen LogP contribution in [0.5, 0.6) is 0 Å². The topological polar surface area (TPSA) is 97.9 Å². The number of rotatable bonds is 6. The van der Waals surface area contributed by atoms with Crippen molar-refractivity contribution in [2.24, 2.45) is 0 Å². The molecule has 8 heteroatoms. The lowest BCUT2D eigenvalue weighted by Gasteiger charge is -2.25. The van der Waals surface area contributed by atoms with Gasteiger partial charge in [0.25, 0.3) is 0 Å². The number of nitrogens with zero attached hydrogens (tertiary/aromatic N) is 5. The van der Waals surface area contributed by atoms with Crippen molar-refractivity contribution in [2.45, 2.75) is 45.3 Å². The molecule has 8 nitrogen and oxygen atoms in total. The summed E-state index contributed by atoms with van der Waals surface area (Å²) < 4.78 is 3.58. The van der Waals surface area contributed by atoms with E-state index >= 15 is 0 Å². The SMILES string of the molecule is CCn1nc(C(=O)O)c2c1CC[C@@H](NCc1ccccc1-n1cncn1)C2. The van der Waals surface area contributed by atoms with E-state index in [0.717, 1.165) is 35.3 Å². The van der Waals surface area contributed by atoms with Crippen molar-refractivity contribution in [3.8, 4) is 5.69 Å². The van der Waals surface area contributed by atoms with Crippen molar-refractivity contribution in [1.82, 2.24) is 29.9 Å². The highest BCUT2D eigenvalue weighted by molar-refractivity contribution is 5.87. The Morgan fingerprint density at radius 2 is 2.22 bits per heavy atom. The second kappa shape index (κ2) is 7.32. The molecule has 0 radical (unpaired) electrons. The number of benzene rings is 1. The summed E-state index contributed by atoms with van der Waals surface area (Å²) in [6.45, 7) is 3.36. The van der Waals surface area contributed by atoms with Crippen molar-refractivity contribution in [3.63, 3.8) is 0 Å². The third-order valence-corrected chi connectivity index (χ3v) is 5.09. The van der Waals surface area contributed by atoms with Gasteiger partial charge in [-0.2, -0.15) is 10.2 Å². The van der Waals surface area contributed by atoms with E-state index < -0.39 is 5.97 Å². The molecule has 0 spiro atoms. The Bertz CT molecular complexity index is 947. The molecule has 0 saturated carbocycles. The molecule has 1 aliphatic carbocycles. The Kier molecular flexibility index (Phi) is 4.72. The average molecular weight is 366 g/mol. The van der Waals surface area contributed by atoms with Crippen LogP contribution < -0.4 is 5.32 Å². The minimum absolute atomic E-state index is 0.196. The predicted octanol–water partition coefficient (Wildman–Crippen LogP) is 1.83. The van der Waals surface area contributed by atoms with Crippen LogP contribution >= 0.6 is 0 Å². The molecule has 140 valence electrons. The number of hydrogen-bond donors (Lipinski definition) is 2. The average Bonchev–Trinajstić information content (AvgIpc) is 3.34. The standard InChI is InChI=1S/C19H22N6O2/c1-2-24-17-8-7-14(9-15(17)18(23-24)19(26)27)21-10-13-5-3-4-6-16(13)25-12-20-11-22-25/h3-6,11-12,14,21H,2,7-10H2,1H3,(H,26,27)/t14-/m1/s1. The van der Waals surface area contributed by atoms with E-state index in [4.69, 9.17) is 0 Å². The third-order valence-electron chi connectivity index (χ3n) is 5.09. The molecule has 1 aromatic carbocycles. The highest BCUT2D eigenvalue weighted by atomic mass is 16.4. The summed E-state index contributed by atoms with van der Waals surface area (Å²) >= 11 is 0. The Labute approximate surface area is 156 Å². The van der Waals surface area contributed by atoms with E-state index in [1.165, 1.54) is 6.33 Å². The summed E-state index contributed by atoms with van der Waals surface area (Å²) in [4.78, 5) is 15.6. The van der Waals surface area contributed by atoms with Crippen LogP contribution in [0, 0.1) is 0 Å². The minimum Gasteiger partial charge on any atom is -0.476 e. The summed E-state index contributed by atoms with van der Waals surface area (Å²) in [5.41, 5.74) is 4.25. The normalized spacial score (nSPS) is 16.3. The van der Waals surface area contributed by atoms with E-state index in [9.17, 15) is 9.90 Å². The molecule has 0 aliphatic heterocycles. The minimum atomic E-state index is -0.948. The molecule has 0 unspecified atom stereocenters. The van der Waals surface area contributed by atoms with E-state index in [2.05, 4.69) is 26.6 Å². The first-order chi connectivity index (χ1) is 13.2. The maximum absolute atomic E-state index is 11.6. The first-order valence-electron chi connectivity index (χ1n) is 9.15. The van der Waals surface area contributed by atoms with E-state index in [0.29, 0.717) is 19.5 Å². The lowest BCUT2D eigenvalue weighted by molar-refractivity contribution is 0.0688. The molecule has 2 aromatic heterocycles. The van der Waals surface area contributed by atoms with Crippen LogP contribution in [0.25, 0.3) is 5.69 Å². The molecule has 1 aliphatic rings. The van der Waals surface area contributed by atoms with Gasteiger partial charge < -0.3 is 10.4 Å². The zero-order valence-electron chi connectivity index (χ0n) is 15.2. The van der Waals surface area contributed by atoms with E-state index in [1.54, 1.807) is 11.0 Å². The fourth-order valence-corrected chi connectivity index (χ4v) is 3.77. The predicted molar refractivity (Wildman–Crippen MR) is 98.9 cm³/mol. The van der Waals surface area contributed by atoms with Crippen molar-refractivity contribution in [2.75, 3.05) is 0 Å². The monoisotopic (exact) mass is 366 g/mol. The van der Waals surface area contributed by atoms with Gasteiger partial charge in [0.15, 0.2) is 5.69 Å². The summed E-state index contributed by atoms with van der Waals surface area (Å²) in [6.07, 6.45) is 5.69.